The van der Waals surface area contributed by atoms with Crippen molar-refractivity contribution in [1.82, 2.24) is 14.5 Å². The summed E-state index contributed by atoms with van der Waals surface area (Å²) >= 11 is 1.71. The van der Waals surface area contributed by atoms with E-state index in [4.69, 9.17) is 9.47 Å². The predicted molar refractivity (Wildman–Crippen MR) is 89.7 cm³/mol. The Morgan fingerprint density at radius 2 is 1.86 bits per heavy atom. The van der Waals surface area contributed by atoms with Crippen molar-refractivity contribution in [1.29, 1.82) is 0 Å². The summed E-state index contributed by atoms with van der Waals surface area (Å²) in [7, 11) is 7.43. The van der Waals surface area contributed by atoms with Crippen LogP contribution >= 0.6 is 11.8 Å². The molecule has 1 aromatic carbocycles. The number of ether oxygens (including phenoxy) is 2. The van der Waals surface area contributed by atoms with Gasteiger partial charge < -0.3 is 14.0 Å². The highest BCUT2D eigenvalue weighted by Crippen LogP contribution is 2.35. The van der Waals surface area contributed by atoms with Gasteiger partial charge in [0.2, 0.25) is 0 Å². The molecule has 0 atom stereocenters. The van der Waals surface area contributed by atoms with E-state index in [-0.39, 0.29) is 0 Å². The molecule has 1 aromatic heterocycles. The van der Waals surface area contributed by atoms with Crippen LogP contribution in [0, 0.1) is 0 Å². The Kier molecular flexibility index (Phi) is 5.74. The zero-order chi connectivity index (χ0) is 16.1. The van der Waals surface area contributed by atoms with E-state index in [9.17, 15) is 0 Å². The molecule has 2 rings (SSSR count). The van der Waals surface area contributed by atoms with E-state index in [0.717, 1.165) is 30.4 Å². The van der Waals surface area contributed by atoms with E-state index >= 15 is 0 Å². The number of benzene rings is 1. The van der Waals surface area contributed by atoms with Crippen LogP contribution in [-0.4, -0.2) is 42.0 Å². The minimum absolute atomic E-state index is 0.765. The zero-order valence-corrected chi connectivity index (χ0v) is 14.6. The van der Waals surface area contributed by atoms with E-state index in [1.807, 2.05) is 30.1 Å². The highest BCUT2D eigenvalue weighted by molar-refractivity contribution is 7.98. The summed E-state index contributed by atoms with van der Waals surface area (Å²) in [6.45, 7) is 1.62. The van der Waals surface area contributed by atoms with Gasteiger partial charge >= 0.3 is 0 Å². The Morgan fingerprint density at radius 3 is 2.41 bits per heavy atom. The fraction of sp³-hybridized carbons (Fsp3) is 0.438. The summed E-state index contributed by atoms with van der Waals surface area (Å²) in [4.78, 5) is 7.81. The fourth-order valence-corrected chi connectivity index (χ4v) is 2.96. The lowest BCUT2D eigenvalue weighted by atomic mass is 10.2. The van der Waals surface area contributed by atoms with Crippen LogP contribution in [0.1, 0.15) is 11.4 Å². The smallest absolute Gasteiger partial charge is 0.161 e. The number of hydrogen-bond acceptors (Lipinski definition) is 5. The molecule has 0 unspecified atom stereocenters. The molecule has 120 valence electrons. The topological polar surface area (TPSA) is 39.5 Å². The lowest BCUT2D eigenvalue weighted by molar-refractivity contribution is 0.302. The lowest BCUT2D eigenvalue weighted by Crippen LogP contribution is -2.20. The van der Waals surface area contributed by atoms with Gasteiger partial charge in [-0.1, -0.05) is 0 Å². The summed E-state index contributed by atoms with van der Waals surface area (Å²) in [6.07, 6.45) is 5.86. The van der Waals surface area contributed by atoms with Gasteiger partial charge in [-0.2, -0.15) is 0 Å². The van der Waals surface area contributed by atoms with Gasteiger partial charge in [-0.3, -0.25) is 4.90 Å². The first-order chi connectivity index (χ1) is 10.6. The summed E-state index contributed by atoms with van der Waals surface area (Å²) in [5.41, 5.74) is 1.22. The van der Waals surface area contributed by atoms with E-state index in [2.05, 4.69) is 29.3 Å². The van der Waals surface area contributed by atoms with E-state index in [0.29, 0.717) is 0 Å². The van der Waals surface area contributed by atoms with Crippen molar-refractivity contribution >= 4 is 11.8 Å². The molecule has 0 spiro atoms. The van der Waals surface area contributed by atoms with E-state index < -0.39 is 0 Å². The third kappa shape index (κ3) is 3.75. The fourth-order valence-electron chi connectivity index (χ4n) is 2.35. The second-order valence-corrected chi connectivity index (χ2v) is 5.99. The Hall–Kier alpha value is -1.66. The van der Waals surface area contributed by atoms with Gasteiger partial charge in [-0.15, -0.1) is 11.8 Å². The van der Waals surface area contributed by atoms with Crippen molar-refractivity contribution in [2.45, 2.75) is 18.0 Å². The molecule has 0 radical (unpaired) electrons. The van der Waals surface area contributed by atoms with Gasteiger partial charge in [-0.05, 0) is 31.0 Å². The number of hydrogen-bond donors (Lipinski definition) is 0. The monoisotopic (exact) mass is 321 g/mol. The SMILES string of the molecule is COc1cc(CN(C)Cc2nccn2C)c(SC)cc1OC. The van der Waals surface area contributed by atoms with Crippen LogP contribution in [0.4, 0.5) is 0 Å². The molecule has 0 aliphatic carbocycles. The third-order valence-corrected chi connectivity index (χ3v) is 4.38. The first-order valence-electron chi connectivity index (χ1n) is 7.02. The Balaban J connectivity index is 2.18. The maximum Gasteiger partial charge on any atom is 0.161 e. The minimum Gasteiger partial charge on any atom is -0.493 e. The quantitative estimate of drug-likeness (QED) is 0.733. The summed E-state index contributed by atoms with van der Waals surface area (Å²) in [5.74, 6) is 2.58. The van der Waals surface area contributed by atoms with Crippen molar-refractivity contribution < 1.29 is 9.47 Å². The van der Waals surface area contributed by atoms with Crippen molar-refractivity contribution in [3.05, 3.63) is 35.9 Å². The molecule has 0 aliphatic rings. The van der Waals surface area contributed by atoms with Crippen LogP contribution in [0.15, 0.2) is 29.4 Å². The summed E-state index contributed by atoms with van der Waals surface area (Å²) in [6, 6.07) is 4.09. The average Bonchev–Trinajstić information content (AvgIpc) is 2.91. The normalized spacial score (nSPS) is 11.0. The van der Waals surface area contributed by atoms with Crippen molar-refractivity contribution in [2.75, 3.05) is 27.5 Å². The molecule has 2 aromatic rings. The molecular formula is C16H23N3O2S. The van der Waals surface area contributed by atoms with Crippen molar-refractivity contribution in [3.8, 4) is 11.5 Å². The molecule has 0 N–H and O–H groups in total. The molecule has 0 saturated carbocycles. The average molecular weight is 321 g/mol. The molecule has 0 amide bonds. The molecule has 1 heterocycles. The first kappa shape index (κ1) is 16.7. The molecule has 0 bridgehead atoms. The Bertz CT molecular complexity index is 628. The molecule has 0 aliphatic heterocycles. The highest BCUT2D eigenvalue weighted by atomic mass is 32.2. The van der Waals surface area contributed by atoms with Gasteiger partial charge in [0.15, 0.2) is 11.5 Å². The number of methoxy groups -OCH3 is 2. The Labute approximate surface area is 136 Å². The van der Waals surface area contributed by atoms with Crippen LogP contribution in [0.3, 0.4) is 0 Å². The molecule has 0 fully saturated rings. The number of aromatic nitrogens is 2. The molecule has 5 nitrogen and oxygen atoms in total. The predicted octanol–water partition coefficient (Wildman–Crippen LogP) is 2.79. The highest BCUT2D eigenvalue weighted by Gasteiger charge is 2.13. The third-order valence-electron chi connectivity index (χ3n) is 3.56. The molecule has 22 heavy (non-hydrogen) atoms. The first-order valence-corrected chi connectivity index (χ1v) is 8.25. The largest absolute Gasteiger partial charge is 0.493 e. The van der Waals surface area contributed by atoms with Crippen LogP contribution < -0.4 is 9.47 Å². The maximum absolute atomic E-state index is 5.41. The molecule has 0 saturated heterocycles. The number of rotatable bonds is 7. The van der Waals surface area contributed by atoms with Crippen LogP contribution in [-0.2, 0) is 20.1 Å². The lowest BCUT2D eigenvalue weighted by Gasteiger charge is -2.20. The van der Waals surface area contributed by atoms with Crippen LogP contribution in [0.5, 0.6) is 11.5 Å². The molecular weight excluding hydrogens is 298 g/mol. The van der Waals surface area contributed by atoms with Crippen LogP contribution in [0.25, 0.3) is 0 Å². The minimum atomic E-state index is 0.765. The van der Waals surface area contributed by atoms with Gasteiger partial charge in [0.05, 0.1) is 20.8 Å². The molecule has 6 heteroatoms. The van der Waals surface area contributed by atoms with Crippen molar-refractivity contribution in [2.24, 2.45) is 7.05 Å². The van der Waals surface area contributed by atoms with Gasteiger partial charge in [0.25, 0.3) is 0 Å². The van der Waals surface area contributed by atoms with Gasteiger partial charge in [0.1, 0.15) is 5.82 Å². The van der Waals surface area contributed by atoms with Gasteiger partial charge in [0, 0.05) is 30.9 Å². The Morgan fingerprint density at radius 1 is 1.18 bits per heavy atom. The number of nitrogens with zero attached hydrogens (tertiary/aromatic N) is 3. The van der Waals surface area contributed by atoms with Gasteiger partial charge in [-0.25, -0.2) is 4.98 Å². The number of thioether (sulfide) groups is 1. The zero-order valence-electron chi connectivity index (χ0n) is 13.8. The number of imidazole rings is 1. The number of aryl methyl sites for hydroxylation is 1. The summed E-state index contributed by atoms with van der Waals surface area (Å²) in [5, 5.41) is 0. The second-order valence-electron chi connectivity index (χ2n) is 5.15. The second kappa shape index (κ2) is 7.56. The van der Waals surface area contributed by atoms with E-state index in [1.54, 1.807) is 26.0 Å². The van der Waals surface area contributed by atoms with Crippen LogP contribution in [0.2, 0.25) is 0 Å². The van der Waals surface area contributed by atoms with Crippen molar-refractivity contribution in [3.63, 3.8) is 0 Å². The standard InChI is InChI=1S/C16H23N3O2S/c1-18(11-16-17-6-7-19(16)2)10-12-8-13(20-3)14(21-4)9-15(12)22-5/h6-9H,10-11H2,1-5H3. The van der Waals surface area contributed by atoms with E-state index in [1.165, 1.54) is 10.5 Å². The maximum atomic E-state index is 5.41. The summed E-state index contributed by atoms with van der Waals surface area (Å²) < 4.78 is 12.8.